The van der Waals surface area contributed by atoms with Crippen molar-refractivity contribution in [1.29, 1.82) is 0 Å². The zero-order chi connectivity index (χ0) is 12.4. The average Bonchev–Trinajstić information content (AvgIpc) is 2.92. The van der Waals surface area contributed by atoms with Gasteiger partial charge in [0, 0.05) is 28.8 Å². The van der Waals surface area contributed by atoms with Crippen molar-refractivity contribution in [2.24, 2.45) is 0 Å². The lowest BCUT2D eigenvalue weighted by molar-refractivity contribution is 1.10. The van der Waals surface area contributed by atoms with E-state index in [4.69, 9.17) is 5.73 Å². The quantitative estimate of drug-likeness (QED) is 0.707. The van der Waals surface area contributed by atoms with Crippen molar-refractivity contribution in [3.05, 3.63) is 47.0 Å². The normalized spacial score (nSPS) is 10.7. The zero-order valence-electron chi connectivity index (χ0n) is 9.63. The van der Waals surface area contributed by atoms with Crippen molar-refractivity contribution < 1.29 is 0 Å². The molecular formula is C13H12N4S. The van der Waals surface area contributed by atoms with E-state index in [9.17, 15) is 0 Å². The van der Waals surface area contributed by atoms with Crippen LogP contribution in [0.25, 0.3) is 10.9 Å². The Balaban J connectivity index is 1.94. The summed E-state index contributed by atoms with van der Waals surface area (Å²) in [6, 6.07) is 7.72. The largest absolute Gasteiger partial charge is 0.398 e. The third kappa shape index (κ3) is 2.00. The summed E-state index contributed by atoms with van der Waals surface area (Å²) in [6.45, 7) is 0.702. The van der Waals surface area contributed by atoms with E-state index >= 15 is 0 Å². The van der Waals surface area contributed by atoms with E-state index in [1.807, 2.05) is 29.6 Å². The molecule has 0 bridgehead atoms. The number of pyridine rings is 1. The zero-order valence-corrected chi connectivity index (χ0v) is 10.4. The van der Waals surface area contributed by atoms with Crippen LogP contribution in [-0.4, -0.2) is 9.97 Å². The van der Waals surface area contributed by atoms with Gasteiger partial charge in [-0.1, -0.05) is 0 Å². The summed E-state index contributed by atoms with van der Waals surface area (Å²) in [5.41, 5.74) is 8.56. The molecular weight excluding hydrogens is 244 g/mol. The number of nitrogens with one attached hydrogen (secondary N) is 1. The Kier molecular flexibility index (Phi) is 2.82. The van der Waals surface area contributed by atoms with Crippen LogP contribution in [-0.2, 0) is 6.54 Å². The first kappa shape index (κ1) is 11.0. The van der Waals surface area contributed by atoms with Gasteiger partial charge >= 0.3 is 0 Å². The average molecular weight is 256 g/mol. The molecule has 2 heterocycles. The minimum atomic E-state index is 0.702. The molecule has 1 aromatic carbocycles. The fourth-order valence-corrected chi connectivity index (χ4v) is 2.40. The van der Waals surface area contributed by atoms with Gasteiger partial charge in [-0.05, 0) is 24.3 Å². The van der Waals surface area contributed by atoms with Crippen LogP contribution in [0.4, 0.5) is 11.4 Å². The Labute approximate surface area is 109 Å². The summed E-state index contributed by atoms with van der Waals surface area (Å²) in [5, 5.41) is 7.34. The number of nitrogens with two attached hydrogens (primary N) is 1. The van der Waals surface area contributed by atoms with E-state index in [1.54, 1.807) is 23.7 Å². The predicted octanol–water partition coefficient (Wildman–Crippen LogP) is 2.89. The van der Waals surface area contributed by atoms with E-state index < -0.39 is 0 Å². The second-order valence-electron chi connectivity index (χ2n) is 3.88. The van der Waals surface area contributed by atoms with Gasteiger partial charge in [0.05, 0.1) is 17.7 Å². The standard InChI is InChI=1S/C13H12N4S/c14-10-3-4-11(13-9(10)2-1-5-16-13)17-8-12-15-6-7-18-12/h1-7,17H,8,14H2. The lowest BCUT2D eigenvalue weighted by Gasteiger charge is -2.09. The van der Waals surface area contributed by atoms with Crippen LogP contribution in [0.5, 0.6) is 0 Å². The lowest BCUT2D eigenvalue weighted by atomic mass is 10.1. The van der Waals surface area contributed by atoms with Gasteiger partial charge in [0.2, 0.25) is 0 Å². The summed E-state index contributed by atoms with van der Waals surface area (Å²) in [6.07, 6.45) is 3.58. The monoisotopic (exact) mass is 256 g/mol. The Morgan fingerprint density at radius 3 is 2.94 bits per heavy atom. The van der Waals surface area contributed by atoms with E-state index in [1.165, 1.54) is 0 Å². The molecule has 3 aromatic rings. The number of hydrogen-bond acceptors (Lipinski definition) is 5. The maximum Gasteiger partial charge on any atom is 0.112 e. The van der Waals surface area contributed by atoms with Gasteiger partial charge in [-0.25, -0.2) is 4.98 Å². The summed E-state index contributed by atoms with van der Waals surface area (Å²) < 4.78 is 0. The molecule has 3 rings (SSSR count). The smallest absolute Gasteiger partial charge is 0.112 e. The second kappa shape index (κ2) is 4.62. The van der Waals surface area contributed by atoms with Gasteiger partial charge in [0.1, 0.15) is 5.01 Å². The number of aromatic nitrogens is 2. The molecule has 4 nitrogen and oxygen atoms in total. The van der Waals surface area contributed by atoms with Gasteiger partial charge in [-0.2, -0.15) is 0 Å². The van der Waals surface area contributed by atoms with Crippen LogP contribution in [0.15, 0.2) is 42.0 Å². The SMILES string of the molecule is Nc1ccc(NCc2nccs2)c2ncccc12. The van der Waals surface area contributed by atoms with Crippen LogP contribution in [0, 0.1) is 0 Å². The highest BCUT2D eigenvalue weighted by Crippen LogP contribution is 2.26. The fraction of sp³-hybridized carbons (Fsp3) is 0.0769. The van der Waals surface area contributed by atoms with Crippen molar-refractivity contribution in [3.8, 4) is 0 Å². The molecule has 5 heteroatoms. The molecule has 0 aliphatic heterocycles. The first-order valence-electron chi connectivity index (χ1n) is 5.60. The number of anilines is 2. The number of fused-ring (bicyclic) bond motifs is 1. The van der Waals surface area contributed by atoms with Crippen molar-refractivity contribution in [1.82, 2.24) is 9.97 Å². The molecule has 0 fully saturated rings. The molecule has 0 atom stereocenters. The highest BCUT2D eigenvalue weighted by molar-refractivity contribution is 7.09. The van der Waals surface area contributed by atoms with Crippen LogP contribution in [0.3, 0.4) is 0 Å². The predicted molar refractivity (Wildman–Crippen MR) is 75.6 cm³/mol. The van der Waals surface area contributed by atoms with Crippen molar-refractivity contribution in [2.75, 3.05) is 11.1 Å². The number of hydrogen-bond donors (Lipinski definition) is 2. The van der Waals surface area contributed by atoms with Gasteiger partial charge < -0.3 is 11.1 Å². The molecule has 0 aliphatic rings. The number of nitrogen functional groups attached to an aromatic ring is 1. The highest BCUT2D eigenvalue weighted by atomic mass is 32.1. The number of rotatable bonds is 3. The molecule has 2 aromatic heterocycles. The first-order chi connectivity index (χ1) is 8.84. The number of thiazole rings is 1. The third-order valence-electron chi connectivity index (χ3n) is 2.72. The van der Waals surface area contributed by atoms with E-state index in [2.05, 4.69) is 15.3 Å². The van der Waals surface area contributed by atoms with E-state index in [0.717, 1.165) is 27.3 Å². The number of benzene rings is 1. The van der Waals surface area contributed by atoms with Gasteiger partial charge in [0.25, 0.3) is 0 Å². The third-order valence-corrected chi connectivity index (χ3v) is 3.50. The second-order valence-corrected chi connectivity index (χ2v) is 4.86. The summed E-state index contributed by atoms with van der Waals surface area (Å²) in [4.78, 5) is 8.62. The first-order valence-corrected chi connectivity index (χ1v) is 6.48. The molecule has 0 amide bonds. The summed E-state index contributed by atoms with van der Waals surface area (Å²) >= 11 is 1.63. The molecule has 0 spiro atoms. The van der Waals surface area contributed by atoms with Crippen LogP contribution in [0.1, 0.15) is 5.01 Å². The topological polar surface area (TPSA) is 63.8 Å². The fourth-order valence-electron chi connectivity index (χ4n) is 1.85. The molecule has 0 saturated heterocycles. The van der Waals surface area contributed by atoms with Crippen LogP contribution >= 0.6 is 11.3 Å². The maximum atomic E-state index is 5.94. The van der Waals surface area contributed by atoms with Gasteiger partial charge in [0.15, 0.2) is 0 Å². The molecule has 90 valence electrons. The molecule has 0 saturated carbocycles. The highest BCUT2D eigenvalue weighted by Gasteiger charge is 2.05. The summed E-state index contributed by atoms with van der Waals surface area (Å²) in [5.74, 6) is 0. The maximum absolute atomic E-state index is 5.94. The van der Waals surface area contributed by atoms with Crippen molar-refractivity contribution >= 4 is 33.6 Å². The minimum Gasteiger partial charge on any atom is -0.398 e. The Hall–Kier alpha value is -2.14. The molecule has 0 aliphatic carbocycles. The van der Waals surface area contributed by atoms with Crippen molar-refractivity contribution in [3.63, 3.8) is 0 Å². The summed E-state index contributed by atoms with van der Waals surface area (Å²) in [7, 11) is 0. The number of nitrogens with zero attached hydrogens (tertiary/aromatic N) is 2. The van der Waals surface area contributed by atoms with E-state index in [0.29, 0.717) is 6.54 Å². The Morgan fingerprint density at radius 2 is 2.11 bits per heavy atom. The van der Waals surface area contributed by atoms with Gasteiger partial charge in [-0.3, -0.25) is 4.98 Å². The molecule has 0 radical (unpaired) electrons. The Bertz CT molecular complexity index is 664. The van der Waals surface area contributed by atoms with Crippen LogP contribution < -0.4 is 11.1 Å². The minimum absolute atomic E-state index is 0.702. The molecule has 3 N–H and O–H groups in total. The van der Waals surface area contributed by atoms with Crippen molar-refractivity contribution in [2.45, 2.75) is 6.54 Å². The lowest BCUT2D eigenvalue weighted by Crippen LogP contribution is -2.01. The van der Waals surface area contributed by atoms with Gasteiger partial charge in [-0.15, -0.1) is 11.3 Å². The Morgan fingerprint density at radius 1 is 1.17 bits per heavy atom. The molecule has 0 unspecified atom stereocenters. The molecule has 18 heavy (non-hydrogen) atoms. The van der Waals surface area contributed by atoms with E-state index in [-0.39, 0.29) is 0 Å². The van der Waals surface area contributed by atoms with Crippen LogP contribution in [0.2, 0.25) is 0 Å².